The highest BCUT2D eigenvalue weighted by atomic mass is 16.6. The normalized spacial score (nSPS) is 10.9. The van der Waals surface area contributed by atoms with Gasteiger partial charge in [0, 0.05) is 7.05 Å². The van der Waals surface area contributed by atoms with Crippen molar-refractivity contribution in [1.29, 1.82) is 0 Å². The summed E-state index contributed by atoms with van der Waals surface area (Å²) in [6, 6.07) is 8.34. The van der Waals surface area contributed by atoms with E-state index in [0.29, 0.717) is 6.61 Å². The number of rotatable bonds is 4. The topological polar surface area (TPSA) is 21.3 Å². The average Bonchev–Trinajstić information content (AvgIpc) is 2.13. The predicted molar refractivity (Wildman–Crippen MR) is 55.2 cm³/mol. The first-order chi connectivity index (χ1) is 6.33. The lowest BCUT2D eigenvalue weighted by molar-refractivity contribution is 0.0814. The lowest BCUT2D eigenvalue weighted by Crippen LogP contribution is -2.06. The van der Waals surface area contributed by atoms with Crippen LogP contribution in [0.15, 0.2) is 30.3 Å². The van der Waals surface area contributed by atoms with E-state index in [1.165, 1.54) is 11.1 Å². The molecule has 0 aromatic heterocycles. The van der Waals surface area contributed by atoms with Crippen LogP contribution in [0.5, 0.6) is 0 Å². The van der Waals surface area contributed by atoms with E-state index in [2.05, 4.69) is 30.6 Å². The highest BCUT2D eigenvalue weighted by Crippen LogP contribution is 2.05. The third-order valence-corrected chi connectivity index (χ3v) is 1.68. The molecule has 0 fully saturated rings. The molecule has 0 unspecified atom stereocenters. The molecule has 0 bridgehead atoms. The lowest BCUT2D eigenvalue weighted by atomic mass is 10.1. The van der Waals surface area contributed by atoms with Crippen molar-refractivity contribution in [2.45, 2.75) is 6.92 Å². The second-order valence-corrected chi connectivity index (χ2v) is 2.83. The Kier molecular flexibility index (Phi) is 4.23. The first kappa shape index (κ1) is 9.96. The first-order valence-electron chi connectivity index (χ1n) is 4.34. The largest absolute Gasteiger partial charge is 0.298 e. The van der Waals surface area contributed by atoms with E-state index in [9.17, 15) is 0 Å². The Morgan fingerprint density at radius 1 is 1.46 bits per heavy atom. The molecular weight excluding hydrogens is 162 g/mol. The summed E-state index contributed by atoms with van der Waals surface area (Å²) in [7, 11) is 1.75. The summed E-state index contributed by atoms with van der Waals surface area (Å²) >= 11 is 0. The molecule has 2 heteroatoms. The molecule has 0 aliphatic carbocycles. The van der Waals surface area contributed by atoms with Crippen LogP contribution < -0.4 is 5.48 Å². The highest BCUT2D eigenvalue weighted by Gasteiger charge is 1.86. The van der Waals surface area contributed by atoms with E-state index < -0.39 is 0 Å². The van der Waals surface area contributed by atoms with Gasteiger partial charge in [-0.2, -0.15) is 0 Å². The Hall–Kier alpha value is -1.12. The summed E-state index contributed by atoms with van der Waals surface area (Å²) in [6.07, 6.45) is 4.02. The quantitative estimate of drug-likeness (QED) is 0.562. The number of hydroxylamine groups is 1. The van der Waals surface area contributed by atoms with Gasteiger partial charge in [-0.1, -0.05) is 42.0 Å². The molecule has 1 rings (SSSR count). The molecule has 0 heterocycles. The van der Waals surface area contributed by atoms with Gasteiger partial charge in [0.2, 0.25) is 0 Å². The summed E-state index contributed by atoms with van der Waals surface area (Å²) in [5.74, 6) is 0. The summed E-state index contributed by atoms with van der Waals surface area (Å²) in [5, 5.41) is 0. The molecule has 1 aromatic rings. The van der Waals surface area contributed by atoms with Gasteiger partial charge in [0.05, 0.1) is 6.61 Å². The van der Waals surface area contributed by atoms with Gasteiger partial charge < -0.3 is 0 Å². The van der Waals surface area contributed by atoms with Crippen molar-refractivity contribution in [2.75, 3.05) is 13.7 Å². The monoisotopic (exact) mass is 177 g/mol. The number of hydrogen-bond donors (Lipinski definition) is 1. The van der Waals surface area contributed by atoms with Gasteiger partial charge in [-0.05, 0) is 12.5 Å². The van der Waals surface area contributed by atoms with Crippen LogP contribution in [0, 0.1) is 6.92 Å². The molecule has 2 nitrogen and oxygen atoms in total. The molecule has 0 spiro atoms. The van der Waals surface area contributed by atoms with E-state index in [-0.39, 0.29) is 0 Å². The lowest BCUT2D eigenvalue weighted by Gasteiger charge is -1.96. The molecule has 0 saturated heterocycles. The van der Waals surface area contributed by atoms with Crippen LogP contribution in [0.2, 0.25) is 0 Å². The Morgan fingerprint density at radius 2 is 2.31 bits per heavy atom. The summed E-state index contributed by atoms with van der Waals surface area (Å²) in [5.41, 5.74) is 5.10. The van der Waals surface area contributed by atoms with Crippen LogP contribution in [0.3, 0.4) is 0 Å². The van der Waals surface area contributed by atoms with E-state index in [4.69, 9.17) is 4.84 Å². The molecule has 13 heavy (non-hydrogen) atoms. The average molecular weight is 177 g/mol. The number of nitrogens with one attached hydrogen (secondary N) is 1. The summed E-state index contributed by atoms with van der Waals surface area (Å²) < 4.78 is 0. The molecule has 0 aliphatic rings. The van der Waals surface area contributed by atoms with E-state index in [1.807, 2.05) is 18.2 Å². The minimum atomic E-state index is 0.588. The maximum absolute atomic E-state index is 4.95. The van der Waals surface area contributed by atoms with Crippen LogP contribution in [-0.2, 0) is 4.84 Å². The fourth-order valence-electron chi connectivity index (χ4n) is 1.09. The second kappa shape index (κ2) is 5.51. The molecule has 1 aromatic carbocycles. The minimum Gasteiger partial charge on any atom is -0.298 e. The van der Waals surface area contributed by atoms with Gasteiger partial charge in [0.1, 0.15) is 0 Å². The van der Waals surface area contributed by atoms with Crippen LogP contribution in [0.1, 0.15) is 11.1 Å². The Morgan fingerprint density at radius 3 is 3.00 bits per heavy atom. The van der Waals surface area contributed by atoms with Crippen LogP contribution in [0.4, 0.5) is 0 Å². The van der Waals surface area contributed by atoms with Gasteiger partial charge in [-0.25, -0.2) is 5.48 Å². The number of hydrogen-bond acceptors (Lipinski definition) is 2. The number of aryl methyl sites for hydroxylation is 1. The van der Waals surface area contributed by atoms with Gasteiger partial charge in [-0.15, -0.1) is 0 Å². The summed E-state index contributed by atoms with van der Waals surface area (Å²) in [6.45, 7) is 2.67. The van der Waals surface area contributed by atoms with Gasteiger partial charge in [-0.3, -0.25) is 4.84 Å². The van der Waals surface area contributed by atoms with Gasteiger partial charge >= 0.3 is 0 Å². The third-order valence-electron chi connectivity index (χ3n) is 1.68. The van der Waals surface area contributed by atoms with Crippen molar-refractivity contribution in [1.82, 2.24) is 5.48 Å². The van der Waals surface area contributed by atoms with Crippen molar-refractivity contribution in [3.8, 4) is 0 Å². The van der Waals surface area contributed by atoms with E-state index in [1.54, 1.807) is 7.05 Å². The predicted octanol–water partition coefficient (Wildman–Crippen LogP) is 2.16. The Balaban J connectivity index is 2.48. The van der Waals surface area contributed by atoms with Crippen molar-refractivity contribution in [2.24, 2.45) is 0 Å². The molecule has 70 valence electrons. The SMILES string of the molecule is CNOC/C=C/c1cccc(C)c1. The molecular formula is C11H15NO. The maximum atomic E-state index is 4.95. The van der Waals surface area contributed by atoms with Crippen LogP contribution in [-0.4, -0.2) is 13.7 Å². The second-order valence-electron chi connectivity index (χ2n) is 2.83. The van der Waals surface area contributed by atoms with Crippen LogP contribution in [0.25, 0.3) is 6.08 Å². The molecule has 0 aliphatic heterocycles. The zero-order valence-electron chi connectivity index (χ0n) is 8.08. The first-order valence-corrected chi connectivity index (χ1v) is 4.34. The highest BCUT2D eigenvalue weighted by molar-refractivity contribution is 5.50. The zero-order valence-corrected chi connectivity index (χ0v) is 8.08. The van der Waals surface area contributed by atoms with Crippen molar-refractivity contribution < 1.29 is 4.84 Å². The third kappa shape index (κ3) is 3.87. The molecule has 1 N–H and O–H groups in total. The number of benzene rings is 1. The van der Waals surface area contributed by atoms with Gasteiger partial charge in [0.15, 0.2) is 0 Å². The van der Waals surface area contributed by atoms with Crippen molar-refractivity contribution in [3.05, 3.63) is 41.5 Å². The fraction of sp³-hybridized carbons (Fsp3) is 0.273. The smallest absolute Gasteiger partial charge is 0.0866 e. The van der Waals surface area contributed by atoms with Crippen molar-refractivity contribution >= 4 is 6.08 Å². The molecule has 0 radical (unpaired) electrons. The minimum absolute atomic E-state index is 0.588. The van der Waals surface area contributed by atoms with Crippen LogP contribution >= 0.6 is 0 Å². The Bertz CT molecular complexity index is 281. The van der Waals surface area contributed by atoms with E-state index >= 15 is 0 Å². The Labute approximate surface area is 79.2 Å². The maximum Gasteiger partial charge on any atom is 0.0866 e. The van der Waals surface area contributed by atoms with Gasteiger partial charge in [0.25, 0.3) is 0 Å². The molecule has 0 atom stereocenters. The van der Waals surface area contributed by atoms with Crippen molar-refractivity contribution in [3.63, 3.8) is 0 Å². The summed E-state index contributed by atoms with van der Waals surface area (Å²) in [4.78, 5) is 4.95. The standard InChI is InChI=1S/C11H15NO/c1-10-5-3-6-11(9-10)7-4-8-13-12-2/h3-7,9,12H,8H2,1-2H3/b7-4+. The molecule has 0 amide bonds. The zero-order chi connectivity index (χ0) is 9.52. The fourth-order valence-corrected chi connectivity index (χ4v) is 1.09. The molecule has 0 saturated carbocycles. The van der Waals surface area contributed by atoms with E-state index in [0.717, 1.165) is 0 Å².